The predicted molar refractivity (Wildman–Crippen MR) is 184 cm³/mol. The third kappa shape index (κ3) is 8.42. The first-order chi connectivity index (χ1) is 22.1. The van der Waals surface area contributed by atoms with Crippen LogP contribution in [0.3, 0.4) is 0 Å². The van der Waals surface area contributed by atoms with Gasteiger partial charge in [-0.3, -0.25) is 13.9 Å². The number of nitrogens with zero attached hydrogens (tertiary/aromatic N) is 2. The Kier molecular flexibility index (Phi) is 11.3. The normalized spacial score (nSPS) is 14.1. The molecule has 1 aliphatic rings. The smallest absolute Gasteiger partial charge is 0.264 e. The Morgan fingerprint density at radius 2 is 1.41 bits per heavy atom. The summed E-state index contributed by atoms with van der Waals surface area (Å²) in [5, 5.41) is 4.32. The molecule has 240 valence electrons. The molecule has 46 heavy (non-hydrogen) atoms. The van der Waals surface area contributed by atoms with Crippen LogP contribution in [-0.2, 0) is 32.6 Å². The van der Waals surface area contributed by atoms with E-state index in [4.69, 9.17) is 34.8 Å². The number of carbonyl (C=O) groups is 2. The highest BCUT2D eigenvalue weighted by molar-refractivity contribution is 7.92. The monoisotopic (exact) mass is 697 g/mol. The van der Waals surface area contributed by atoms with Crippen LogP contribution in [0.25, 0.3) is 0 Å². The van der Waals surface area contributed by atoms with E-state index in [0.29, 0.717) is 20.6 Å². The first-order valence-electron chi connectivity index (χ1n) is 15.0. The summed E-state index contributed by atoms with van der Waals surface area (Å²) in [7, 11) is -4.21. The zero-order valence-corrected chi connectivity index (χ0v) is 28.1. The molecule has 0 radical (unpaired) electrons. The standard InChI is InChI=1S/C35H34Cl3N3O4S/c36-27-17-19-30(20-18-27)41(46(44,45)31-13-5-2-6-14-31)24-34(42)40(23-26-15-16-28(37)22-32(26)38)33(21-25-9-3-1-4-10-25)35(43)39-29-11-7-8-12-29/h1-6,9-10,13-20,22,29,33H,7-8,11-12,21,23-24H2,(H,39,43)/t33-/m1/s1. The van der Waals surface area contributed by atoms with Crippen molar-refractivity contribution in [2.75, 3.05) is 10.8 Å². The molecule has 1 saturated carbocycles. The first kappa shape index (κ1) is 33.8. The fourth-order valence-electron chi connectivity index (χ4n) is 5.61. The summed E-state index contributed by atoms with van der Waals surface area (Å²) in [6.07, 6.45) is 3.97. The molecule has 7 nitrogen and oxygen atoms in total. The number of benzene rings is 4. The third-order valence-electron chi connectivity index (χ3n) is 8.05. The van der Waals surface area contributed by atoms with Gasteiger partial charge in [-0.05, 0) is 72.5 Å². The van der Waals surface area contributed by atoms with E-state index in [1.807, 2.05) is 30.3 Å². The summed E-state index contributed by atoms with van der Waals surface area (Å²) in [4.78, 5) is 30.1. The number of anilines is 1. The van der Waals surface area contributed by atoms with Crippen molar-refractivity contribution in [3.8, 4) is 0 Å². The second-order valence-corrected chi connectivity index (χ2v) is 14.4. The highest BCUT2D eigenvalue weighted by Crippen LogP contribution is 2.28. The average molecular weight is 699 g/mol. The Bertz CT molecular complexity index is 1750. The number of carbonyl (C=O) groups excluding carboxylic acids is 2. The Labute approximate surface area is 285 Å². The second-order valence-electron chi connectivity index (χ2n) is 11.3. The lowest BCUT2D eigenvalue weighted by molar-refractivity contribution is -0.140. The van der Waals surface area contributed by atoms with Crippen molar-refractivity contribution in [3.05, 3.63) is 129 Å². The quantitative estimate of drug-likeness (QED) is 0.166. The molecule has 1 fully saturated rings. The average Bonchev–Trinajstić information content (AvgIpc) is 3.57. The summed E-state index contributed by atoms with van der Waals surface area (Å²) in [5.41, 5.74) is 1.66. The summed E-state index contributed by atoms with van der Waals surface area (Å²) in [6.45, 7) is -0.629. The zero-order valence-electron chi connectivity index (χ0n) is 25.0. The van der Waals surface area contributed by atoms with Crippen molar-refractivity contribution in [1.82, 2.24) is 10.2 Å². The molecule has 0 unspecified atom stereocenters. The van der Waals surface area contributed by atoms with Crippen LogP contribution in [0.1, 0.15) is 36.8 Å². The number of rotatable bonds is 12. The second kappa shape index (κ2) is 15.4. The summed E-state index contributed by atoms with van der Waals surface area (Å²) < 4.78 is 29.2. The Balaban J connectivity index is 1.57. The van der Waals surface area contributed by atoms with Gasteiger partial charge in [0.25, 0.3) is 10.0 Å². The minimum atomic E-state index is -4.21. The topological polar surface area (TPSA) is 86.8 Å². The van der Waals surface area contributed by atoms with E-state index in [9.17, 15) is 18.0 Å². The van der Waals surface area contributed by atoms with Crippen molar-refractivity contribution in [2.24, 2.45) is 0 Å². The van der Waals surface area contributed by atoms with Crippen LogP contribution in [0.2, 0.25) is 15.1 Å². The van der Waals surface area contributed by atoms with E-state index in [1.165, 1.54) is 17.0 Å². The summed E-state index contributed by atoms with van der Waals surface area (Å²) in [5.74, 6) is -0.888. The van der Waals surface area contributed by atoms with Gasteiger partial charge in [0.15, 0.2) is 0 Å². The molecule has 2 amide bonds. The molecular weight excluding hydrogens is 665 g/mol. The number of halogens is 3. The molecule has 0 aromatic heterocycles. The lowest BCUT2D eigenvalue weighted by Crippen LogP contribution is -2.54. The van der Waals surface area contributed by atoms with E-state index >= 15 is 0 Å². The highest BCUT2D eigenvalue weighted by Gasteiger charge is 2.35. The van der Waals surface area contributed by atoms with Crippen molar-refractivity contribution in [1.29, 1.82) is 0 Å². The van der Waals surface area contributed by atoms with Crippen molar-refractivity contribution >= 4 is 62.3 Å². The third-order valence-corrected chi connectivity index (χ3v) is 10.7. The molecule has 0 saturated heterocycles. The van der Waals surface area contributed by atoms with Gasteiger partial charge < -0.3 is 10.2 Å². The highest BCUT2D eigenvalue weighted by atomic mass is 35.5. The molecule has 5 rings (SSSR count). The first-order valence-corrected chi connectivity index (χ1v) is 17.6. The SMILES string of the molecule is O=C(NC1CCCC1)[C@@H](Cc1ccccc1)N(Cc1ccc(Cl)cc1Cl)C(=O)CN(c1ccc(Cl)cc1)S(=O)(=O)c1ccccc1. The van der Waals surface area contributed by atoms with Crippen LogP contribution < -0.4 is 9.62 Å². The summed E-state index contributed by atoms with van der Waals surface area (Å²) in [6, 6.07) is 27.5. The van der Waals surface area contributed by atoms with Gasteiger partial charge in [0.1, 0.15) is 12.6 Å². The predicted octanol–water partition coefficient (Wildman–Crippen LogP) is 7.54. The number of hydrogen-bond acceptors (Lipinski definition) is 4. The minimum Gasteiger partial charge on any atom is -0.352 e. The summed E-state index contributed by atoms with van der Waals surface area (Å²) >= 11 is 18.9. The van der Waals surface area contributed by atoms with E-state index < -0.39 is 28.5 Å². The van der Waals surface area contributed by atoms with Crippen molar-refractivity contribution in [2.45, 2.75) is 55.6 Å². The van der Waals surface area contributed by atoms with Crippen molar-refractivity contribution < 1.29 is 18.0 Å². The van der Waals surface area contributed by atoms with E-state index in [1.54, 1.807) is 60.7 Å². The Morgan fingerprint density at radius 3 is 2.04 bits per heavy atom. The van der Waals surface area contributed by atoms with Gasteiger partial charge in [-0.15, -0.1) is 0 Å². The molecule has 4 aromatic rings. The number of hydrogen-bond donors (Lipinski definition) is 1. The Morgan fingerprint density at radius 1 is 0.804 bits per heavy atom. The molecule has 4 aromatic carbocycles. The maximum Gasteiger partial charge on any atom is 0.264 e. The minimum absolute atomic E-state index is 0.00543. The van der Waals surface area contributed by atoms with E-state index in [0.717, 1.165) is 35.6 Å². The van der Waals surface area contributed by atoms with Crippen LogP contribution in [0.15, 0.2) is 108 Å². The van der Waals surface area contributed by atoms with Gasteiger partial charge in [-0.1, -0.05) is 102 Å². The van der Waals surface area contributed by atoms with Gasteiger partial charge >= 0.3 is 0 Å². The molecule has 0 aliphatic heterocycles. The molecule has 1 aliphatic carbocycles. The van der Waals surface area contributed by atoms with Crippen LogP contribution in [-0.4, -0.2) is 43.8 Å². The number of nitrogens with one attached hydrogen (secondary N) is 1. The van der Waals surface area contributed by atoms with Gasteiger partial charge in [0, 0.05) is 34.1 Å². The number of amides is 2. The molecular formula is C35H34Cl3N3O4S. The fraction of sp³-hybridized carbons (Fsp3) is 0.257. The van der Waals surface area contributed by atoms with Crippen LogP contribution in [0.4, 0.5) is 5.69 Å². The lowest BCUT2D eigenvalue weighted by atomic mass is 10.0. The fourth-order valence-corrected chi connectivity index (χ4v) is 7.64. The lowest BCUT2D eigenvalue weighted by Gasteiger charge is -2.34. The zero-order chi connectivity index (χ0) is 32.7. The molecule has 0 bridgehead atoms. The molecule has 11 heteroatoms. The van der Waals surface area contributed by atoms with Gasteiger partial charge in [0.2, 0.25) is 11.8 Å². The van der Waals surface area contributed by atoms with Gasteiger partial charge in [-0.2, -0.15) is 0 Å². The number of sulfonamides is 1. The molecule has 0 heterocycles. The largest absolute Gasteiger partial charge is 0.352 e. The van der Waals surface area contributed by atoms with E-state index in [2.05, 4.69) is 5.32 Å². The van der Waals surface area contributed by atoms with Crippen molar-refractivity contribution in [3.63, 3.8) is 0 Å². The van der Waals surface area contributed by atoms with Crippen LogP contribution in [0, 0.1) is 0 Å². The Hall–Kier alpha value is -3.56. The molecule has 1 N–H and O–H groups in total. The maximum absolute atomic E-state index is 14.6. The maximum atomic E-state index is 14.6. The van der Waals surface area contributed by atoms with Gasteiger partial charge in [-0.25, -0.2) is 8.42 Å². The van der Waals surface area contributed by atoms with Crippen LogP contribution >= 0.6 is 34.8 Å². The van der Waals surface area contributed by atoms with Gasteiger partial charge in [0.05, 0.1) is 10.6 Å². The molecule has 0 spiro atoms. The van der Waals surface area contributed by atoms with Crippen LogP contribution in [0.5, 0.6) is 0 Å². The van der Waals surface area contributed by atoms with E-state index in [-0.39, 0.29) is 35.5 Å². The molecule has 1 atom stereocenters.